The number of carbonyl (C=O) groups is 1. The molecule has 0 bridgehead atoms. The molecule has 1 heterocycles. The van der Waals surface area contributed by atoms with Gasteiger partial charge in [0.05, 0.1) is 25.3 Å². The van der Waals surface area contributed by atoms with E-state index in [2.05, 4.69) is 10.6 Å². The van der Waals surface area contributed by atoms with Gasteiger partial charge in [0.15, 0.2) is 0 Å². The minimum absolute atomic E-state index is 0.0899. The van der Waals surface area contributed by atoms with Crippen LogP contribution in [0.15, 0.2) is 18.2 Å². The number of rotatable bonds is 3. The lowest BCUT2D eigenvalue weighted by Gasteiger charge is -2.20. The second-order valence-electron chi connectivity index (χ2n) is 4.93. The molecule has 3 N–H and O–H groups in total. The Morgan fingerprint density at radius 2 is 2.40 bits per heavy atom. The summed E-state index contributed by atoms with van der Waals surface area (Å²) in [6.45, 7) is 2.26. The first-order valence-electron chi connectivity index (χ1n) is 6.70. The molecule has 2 atom stereocenters. The van der Waals surface area contributed by atoms with E-state index in [9.17, 15) is 4.79 Å². The van der Waals surface area contributed by atoms with E-state index in [0.29, 0.717) is 11.6 Å². The van der Waals surface area contributed by atoms with Crippen molar-refractivity contribution in [2.45, 2.75) is 31.8 Å². The van der Waals surface area contributed by atoms with Crippen molar-refractivity contribution < 1.29 is 14.6 Å². The summed E-state index contributed by atoms with van der Waals surface area (Å²) in [5, 5.41) is 15.1. The summed E-state index contributed by atoms with van der Waals surface area (Å²) in [6.07, 6.45) is 1.66. The minimum Gasteiger partial charge on any atom is -0.493 e. The van der Waals surface area contributed by atoms with Crippen molar-refractivity contribution in [3.8, 4) is 5.75 Å². The molecule has 2 rings (SSSR count). The summed E-state index contributed by atoms with van der Waals surface area (Å²) >= 11 is 5.96. The number of fused-ring (bicyclic) bond motifs is 1. The maximum absolute atomic E-state index is 11.9. The molecule has 0 radical (unpaired) electrons. The lowest BCUT2D eigenvalue weighted by atomic mass is 10.0. The van der Waals surface area contributed by atoms with E-state index < -0.39 is 0 Å². The Morgan fingerprint density at radius 1 is 1.60 bits per heavy atom. The van der Waals surface area contributed by atoms with E-state index in [1.807, 2.05) is 6.07 Å². The normalized spacial score (nSPS) is 19.2. The second-order valence-corrected chi connectivity index (χ2v) is 5.36. The zero-order valence-electron chi connectivity index (χ0n) is 11.4. The first kappa shape index (κ1) is 14.9. The Hall–Kier alpha value is -1.46. The lowest BCUT2D eigenvalue weighted by Crippen LogP contribution is -2.43. The molecule has 0 aromatic heterocycles. The molecule has 1 aliphatic rings. The average Bonchev–Trinajstić information content (AvgIpc) is 2.60. The van der Waals surface area contributed by atoms with Gasteiger partial charge >= 0.3 is 6.03 Å². The molecular weight excluding hydrogens is 280 g/mol. The summed E-state index contributed by atoms with van der Waals surface area (Å²) in [7, 11) is 0. The first-order valence-corrected chi connectivity index (χ1v) is 7.08. The molecule has 0 saturated carbocycles. The number of hydrogen-bond donors (Lipinski definition) is 3. The number of benzene rings is 1. The van der Waals surface area contributed by atoms with Crippen molar-refractivity contribution in [3.63, 3.8) is 0 Å². The maximum Gasteiger partial charge on any atom is 0.315 e. The summed E-state index contributed by atoms with van der Waals surface area (Å²) < 4.78 is 5.65. The zero-order valence-corrected chi connectivity index (χ0v) is 12.1. The zero-order chi connectivity index (χ0) is 14.5. The largest absolute Gasteiger partial charge is 0.493 e. The Bertz CT molecular complexity index is 481. The third-order valence-corrected chi connectivity index (χ3v) is 3.44. The fraction of sp³-hybridized carbons (Fsp3) is 0.500. The Balaban J connectivity index is 2.10. The van der Waals surface area contributed by atoms with Crippen molar-refractivity contribution in [1.29, 1.82) is 0 Å². The van der Waals surface area contributed by atoms with Crippen LogP contribution in [0.1, 0.15) is 31.4 Å². The fourth-order valence-electron chi connectivity index (χ4n) is 2.17. The van der Waals surface area contributed by atoms with Crippen molar-refractivity contribution in [2.75, 3.05) is 13.2 Å². The van der Waals surface area contributed by atoms with E-state index in [4.69, 9.17) is 21.4 Å². The number of halogens is 1. The summed E-state index contributed by atoms with van der Waals surface area (Å²) in [6, 6.07) is 4.75. The number of aliphatic hydroxyl groups excluding tert-OH is 1. The highest BCUT2D eigenvalue weighted by atomic mass is 35.5. The van der Waals surface area contributed by atoms with Crippen LogP contribution in [-0.4, -0.2) is 30.4 Å². The van der Waals surface area contributed by atoms with Crippen LogP contribution >= 0.6 is 11.6 Å². The predicted octanol–water partition coefficient (Wildman–Crippen LogP) is 2.23. The summed E-state index contributed by atoms with van der Waals surface area (Å²) in [4.78, 5) is 11.9. The Labute approximate surface area is 123 Å². The molecule has 2 unspecified atom stereocenters. The minimum atomic E-state index is -0.292. The number of urea groups is 1. The number of aliphatic hydroxyl groups is 1. The molecule has 6 heteroatoms. The van der Waals surface area contributed by atoms with Crippen LogP contribution in [0, 0.1) is 0 Å². The van der Waals surface area contributed by atoms with Crippen LogP contribution in [0.2, 0.25) is 5.02 Å². The van der Waals surface area contributed by atoms with Gasteiger partial charge in [-0.25, -0.2) is 4.79 Å². The number of amides is 2. The van der Waals surface area contributed by atoms with Gasteiger partial charge in [-0.2, -0.15) is 0 Å². The first-order chi connectivity index (χ1) is 9.60. The van der Waals surface area contributed by atoms with E-state index in [0.717, 1.165) is 24.2 Å². The molecule has 0 aliphatic carbocycles. The number of ether oxygens (including phenoxy) is 1. The number of nitrogens with one attached hydrogen (secondary N) is 2. The molecule has 1 aliphatic heterocycles. The monoisotopic (exact) mass is 298 g/mol. The molecule has 2 amide bonds. The molecule has 0 saturated heterocycles. The summed E-state index contributed by atoms with van der Waals surface area (Å²) in [5.41, 5.74) is 0.929. The van der Waals surface area contributed by atoms with Crippen molar-refractivity contribution in [1.82, 2.24) is 10.6 Å². The van der Waals surface area contributed by atoms with Gasteiger partial charge in [-0.1, -0.05) is 17.7 Å². The van der Waals surface area contributed by atoms with E-state index in [1.165, 1.54) is 0 Å². The molecule has 0 fully saturated rings. The maximum atomic E-state index is 11.9. The van der Waals surface area contributed by atoms with Crippen molar-refractivity contribution in [2.24, 2.45) is 0 Å². The predicted molar refractivity (Wildman–Crippen MR) is 77.1 cm³/mol. The highest BCUT2D eigenvalue weighted by Gasteiger charge is 2.22. The lowest BCUT2D eigenvalue weighted by molar-refractivity contribution is 0.217. The summed E-state index contributed by atoms with van der Waals surface area (Å²) in [5.74, 6) is 0.718. The van der Waals surface area contributed by atoms with Crippen molar-refractivity contribution in [3.05, 3.63) is 28.8 Å². The quantitative estimate of drug-likeness (QED) is 0.801. The Kier molecular flexibility index (Phi) is 5.09. The third-order valence-electron chi connectivity index (χ3n) is 3.20. The SMILES string of the molecule is CC(CO)NC(=O)NC1CCCOc2cc(Cl)ccc21. The van der Waals surface area contributed by atoms with Gasteiger partial charge in [0.25, 0.3) is 0 Å². The van der Waals surface area contributed by atoms with Crippen LogP contribution in [-0.2, 0) is 0 Å². The van der Waals surface area contributed by atoms with Gasteiger partial charge in [-0.3, -0.25) is 0 Å². The highest BCUT2D eigenvalue weighted by molar-refractivity contribution is 6.30. The molecular formula is C14H19ClN2O3. The van der Waals surface area contributed by atoms with E-state index in [1.54, 1.807) is 19.1 Å². The van der Waals surface area contributed by atoms with Gasteiger partial charge in [0, 0.05) is 10.6 Å². The van der Waals surface area contributed by atoms with Gasteiger partial charge in [0.2, 0.25) is 0 Å². The van der Waals surface area contributed by atoms with Gasteiger partial charge in [-0.15, -0.1) is 0 Å². The van der Waals surface area contributed by atoms with Crippen LogP contribution in [0.3, 0.4) is 0 Å². The van der Waals surface area contributed by atoms with Gasteiger partial charge in [0.1, 0.15) is 5.75 Å². The average molecular weight is 299 g/mol. The van der Waals surface area contributed by atoms with Crippen LogP contribution in [0.25, 0.3) is 0 Å². The molecule has 1 aromatic rings. The molecule has 20 heavy (non-hydrogen) atoms. The van der Waals surface area contributed by atoms with E-state index >= 15 is 0 Å². The fourth-order valence-corrected chi connectivity index (χ4v) is 2.33. The molecule has 110 valence electrons. The molecule has 5 nitrogen and oxygen atoms in total. The number of hydrogen-bond acceptors (Lipinski definition) is 3. The topological polar surface area (TPSA) is 70.6 Å². The van der Waals surface area contributed by atoms with Crippen molar-refractivity contribution >= 4 is 17.6 Å². The molecule has 0 spiro atoms. The third kappa shape index (κ3) is 3.77. The van der Waals surface area contributed by atoms with E-state index in [-0.39, 0.29) is 24.7 Å². The smallest absolute Gasteiger partial charge is 0.315 e. The van der Waals surface area contributed by atoms with Crippen LogP contribution in [0.5, 0.6) is 5.75 Å². The standard InChI is InChI=1S/C14H19ClN2O3/c1-9(8-18)16-14(19)17-12-3-2-6-20-13-7-10(15)4-5-11(12)13/h4-5,7,9,12,18H,2-3,6,8H2,1H3,(H2,16,17,19). The highest BCUT2D eigenvalue weighted by Crippen LogP contribution is 2.33. The Morgan fingerprint density at radius 3 is 3.15 bits per heavy atom. The van der Waals surface area contributed by atoms with Gasteiger partial charge in [-0.05, 0) is 31.9 Å². The van der Waals surface area contributed by atoms with Crippen LogP contribution in [0.4, 0.5) is 4.79 Å². The molecule has 1 aromatic carbocycles. The van der Waals surface area contributed by atoms with Crippen LogP contribution < -0.4 is 15.4 Å². The van der Waals surface area contributed by atoms with Gasteiger partial charge < -0.3 is 20.5 Å². The number of carbonyl (C=O) groups excluding carboxylic acids is 1. The second kappa shape index (κ2) is 6.81.